The zero-order valence-electron chi connectivity index (χ0n) is 33.1. The van der Waals surface area contributed by atoms with Crippen molar-refractivity contribution in [3.63, 3.8) is 0 Å². The number of hydrogen-bond donors (Lipinski definition) is 2. The largest absolute Gasteiger partial charge is 0.462 e. The highest BCUT2D eigenvalue weighted by atomic mass is 16.5. The highest BCUT2D eigenvalue weighted by Crippen LogP contribution is 2.77. The number of esters is 1. The monoisotopic (exact) mass is 671 g/mol. The molecule has 0 aromatic carbocycles. The van der Waals surface area contributed by atoms with E-state index in [1.807, 2.05) is 13.8 Å². The number of aliphatic hydroxyl groups is 2. The summed E-state index contributed by atoms with van der Waals surface area (Å²) in [7, 11) is 0. The molecule has 0 aromatic heterocycles. The third kappa shape index (κ3) is 6.72. The second-order valence-corrected chi connectivity index (χ2v) is 20.3. The van der Waals surface area contributed by atoms with Gasteiger partial charge in [-0.05, 0) is 129 Å². The zero-order valence-corrected chi connectivity index (χ0v) is 33.1. The van der Waals surface area contributed by atoms with Crippen molar-refractivity contribution in [3.05, 3.63) is 0 Å². The quantitative estimate of drug-likeness (QED) is 0.143. The van der Waals surface area contributed by atoms with Crippen LogP contribution in [0.1, 0.15) is 197 Å². The van der Waals surface area contributed by atoms with Gasteiger partial charge in [-0.25, -0.2) is 0 Å². The molecule has 0 aliphatic heterocycles. The topological polar surface area (TPSA) is 66.8 Å². The molecule has 5 aliphatic carbocycles. The molecule has 278 valence electrons. The van der Waals surface area contributed by atoms with Crippen molar-refractivity contribution in [2.75, 3.05) is 0 Å². The van der Waals surface area contributed by atoms with Crippen LogP contribution in [0.25, 0.3) is 0 Å². The zero-order chi connectivity index (χ0) is 35.2. The van der Waals surface area contributed by atoms with Crippen LogP contribution in [-0.4, -0.2) is 34.0 Å². The van der Waals surface area contributed by atoms with E-state index < -0.39 is 5.60 Å². The molecule has 5 saturated carbocycles. The van der Waals surface area contributed by atoms with E-state index in [1.165, 1.54) is 83.5 Å². The summed E-state index contributed by atoms with van der Waals surface area (Å²) in [5, 5.41) is 23.3. The van der Waals surface area contributed by atoms with Gasteiger partial charge in [0.2, 0.25) is 0 Å². The molecule has 2 N–H and O–H groups in total. The first kappa shape index (κ1) is 38.6. The Kier molecular flexibility index (Phi) is 11.6. The number of aliphatic hydroxyl groups excluding tert-OH is 1. The van der Waals surface area contributed by atoms with Crippen LogP contribution in [0.4, 0.5) is 0 Å². The summed E-state index contributed by atoms with van der Waals surface area (Å²) in [6.45, 7) is 21.3. The lowest BCUT2D eigenvalue weighted by Crippen LogP contribution is -2.68. The molecule has 5 fully saturated rings. The summed E-state index contributed by atoms with van der Waals surface area (Å²) in [5.41, 5.74) is -0.416. The SMILES string of the molecule is CCCCCCCCCCCCCC(=O)O[C@H]1CC[C@]2(C)[C@H]3CC[C@H]4[C@H]5[C@H](C(C)(C)O)CC[C@]5(C)[C@@H](O)C[C@@]4(C)[C@]3(C)CC[C@H]2C1(C)C. The van der Waals surface area contributed by atoms with Crippen LogP contribution in [0.3, 0.4) is 0 Å². The van der Waals surface area contributed by atoms with Crippen LogP contribution >= 0.6 is 0 Å². The fourth-order valence-electron chi connectivity index (χ4n) is 14.1. The van der Waals surface area contributed by atoms with Gasteiger partial charge in [-0.1, -0.05) is 113 Å². The van der Waals surface area contributed by atoms with E-state index in [4.69, 9.17) is 4.74 Å². The number of hydrogen-bond acceptors (Lipinski definition) is 4. The number of unbranched alkanes of at least 4 members (excludes halogenated alkanes) is 10. The molecule has 0 amide bonds. The number of ether oxygens (including phenoxy) is 1. The van der Waals surface area contributed by atoms with Crippen LogP contribution in [-0.2, 0) is 9.53 Å². The summed E-state index contributed by atoms with van der Waals surface area (Å²) in [5.74, 6) is 2.34. The Labute approximate surface area is 296 Å². The average Bonchev–Trinajstić information content (AvgIpc) is 3.37. The molecule has 0 bridgehead atoms. The lowest BCUT2D eigenvalue weighted by Gasteiger charge is -2.73. The van der Waals surface area contributed by atoms with Gasteiger partial charge in [0.05, 0.1) is 11.7 Å². The first-order valence-corrected chi connectivity index (χ1v) is 21.1. The van der Waals surface area contributed by atoms with Crippen molar-refractivity contribution in [3.8, 4) is 0 Å². The van der Waals surface area contributed by atoms with Gasteiger partial charge >= 0.3 is 5.97 Å². The Morgan fingerprint density at radius 1 is 0.708 bits per heavy atom. The van der Waals surface area contributed by atoms with Gasteiger partial charge in [0.25, 0.3) is 0 Å². The van der Waals surface area contributed by atoms with Gasteiger partial charge in [0.15, 0.2) is 0 Å². The second kappa shape index (κ2) is 14.4. The molecule has 0 unspecified atom stereocenters. The van der Waals surface area contributed by atoms with Gasteiger partial charge in [-0.15, -0.1) is 0 Å². The van der Waals surface area contributed by atoms with E-state index >= 15 is 0 Å². The molecule has 11 atom stereocenters. The van der Waals surface area contributed by atoms with Gasteiger partial charge < -0.3 is 14.9 Å². The Morgan fingerprint density at radius 2 is 1.29 bits per heavy atom. The molecule has 0 heterocycles. The normalized spacial score (nSPS) is 43.5. The van der Waals surface area contributed by atoms with Crippen LogP contribution in [0, 0.1) is 56.7 Å². The molecule has 48 heavy (non-hydrogen) atoms. The number of rotatable bonds is 14. The maximum Gasteiger partial charge on any atom is 0.306 e. The standard InChI is InChI=1S/C44H78O4/c1-10-11-12-13-14-15-16-17-18-19-20-21-37(46)48-36-26-28-41(6)33(39(36,2)3)25-29-43(8)34(41)23-22-32-38-31(40(4,5)47)24-27-42(38,7)35(45)30-44(32,43)9/h31-36,38,45,47H,10-30H2,1-9H3/t31-,32+,33+,34-,35+,36+,38-,41+,42-,43-,44-/m1/s1. The van der Waals surface area contributed by atoms with E-state index in [0.717, 1.165) is 44.9 Å². The Balaban J connectivity index is 1.19. The summed E-state index contributed by atoms with van der Waals surface area (Å²) in [6.07, 6.45) is 24.4. The number of fused-ring (bicyclic) bond motifs is 7. The molecule has 0 saturated heterocycles. The van der Waals surface area contributed by atoms with E-state index in [1.54, 1.807) is 0 Å². The van der Waals surface area contributed by atoms with Gasteiger partial charge in [-0.2, -0.15) is 0 Å². The highest BCUT2D eigenvalue weighted by molar-refractivity contribution is 5.69. The molecule has 5 aliphatic rings. The molecule has 0 radical (unpaired) electrons. The van der Waals surface area contributed by atoms with Crippen molar-refractivity contribution in [2.24, 2.45) is 56.7 Å². The van der Waals surface area contributed by atoms with Crippen molar-refractivity contribution >= 4 is 5.97 Å². The predicted molar refractivity (Wildman–Crippen MR) is 198 cm³/mol. The van der Waals surface area contributed by atoms with Gasteiger partial charge in [0.1, 0.15) is 6.10 Å². The summed E-state index contributed by atoms with van der Waals surface area (Å²) in [6, 6.07) is 0. The first-order valence-electron chi connectivity index (χ1n) is 21.1. The highest BCUT2D eigenvalue weighted by Gasteiger charge is 2.72. The smallest absolute Gasteiger partial charge is 0.306 e. The Morgan fingerprint density at radius 3 is 1.90 bits per heavy atom. The summed E-state index contributed by atoms with van der Waals surface area (Å²) in [4.78, 5) is 13.2. The van der Waals surface area contributed by atoms with Crippen LogP contribution < -0.4 is 0 Å². The van der Waals surface area contributed by atoms with Crippen molar-refractivity contribution in [1.29, 1.82) is 0 Å². The van der Waals surface area contributed by atoms with Crippen LogP contribution in [0.2, 0.25) is 0 Å². The van der Waals surface area contributed by atoms with Crippen LogP contribution in [0.5, 0.6) is 0 Å². The van der Waals surface area contributed by atoms with Crippen LogP contribution in [0.15, 0.2) is 0 Å². The second-order valence-electron chi connectivity index (χ2n) is 20.3. The third-order valence-corrected chi connectivity index (χ3v) is 17.0. The molecule has 0 spiro atoms. The lowest BCUT2D eigenvalue weighted by atomic mass is 9.32. The van der Waals surface area contributed by atoms with E-state index in [-0.39, 0.29) is 51.2 Å². The number of carbonyl (C=O) groups is 1. The minimum Gasteiger partial charge on any atom is -0.462 e. The predicted octanol–water partition coefficient (Wildman–Crippen LogP) is 11.4. The minimum absolute atomic E-state index is 0.00954. The summed E-state index contributed by atoms with van der Waals surface area (Å²) >= 11 is 0. The third-order valence-electron chi connectivity index (χ3n) is 17.0. The molecule has 4 nitrogen and oxygen atoms in total. The molecular weight excluding hydrogens is 592 g/mol. The molecule has 0 aromatic rings. The van der Waals surface area contributed by atoms with Gasteiger partial charge in [0, 0.05) is 11.8 Å². The maximum absolute atomic E-state index is 13.2. The van der Waals surface area contributed by atoms with Crippen molar-refractivity contribution < 1.29 is 19.7 Å². The first-order chi connectivity index (χ1) is 22.5. The average molecular weight is 671 g/mol. The lowest BCUT2D eigenvalue weighted by molar-refractivity contribution is -0.267. The molecular formula is C44H78O4. The van der Waals surface area contributed by atoms with Crippen molar-refractivity contribution in [2.45, 2.75) is 215 Å². The van der Waals surface area contributed by atoms with E-state index in [0.29, 0.717) is 30.1 Å². The molecule has 4 heteroatoms. The Hall–Kier alpha value is -0.610. The number of carbonyl (C=O) groups excluding carboxylic acids is 1. The minimum atomic E-state index is -0.713. The molecule has 5 rings (SSSR count). The van der Waals surface area contributed by atoms with E-state index in [9.17, 15) is 15.0 Å². The van der Waals surface area contributed by atoms with Crippen molar-refractivity contribution in [1.82, 2.24) is 0 Å². The Bertz CT molecular complexity index is 1090. The van der Waals surface area contributed by atoms with Gasteiger partial charge in [-0.3, -0.25) is 4.79 Å². The van der Waals surface area contributed by atoms with E-state index in [2.05, 4.69) is 48.5 Å². The summed E-state index contributed by atoms with van der Waals surface area (Å²) < 4.78 is 6.38. The maximum atomic E-state index is 13.2. The fraction of sp³-hybridized carbons (Fsp3) is 0.977. The fourth-order valence-corrected chi connectivity index (χ4v) is 14.1.